The molecule has 7 heteroatoms. The maximum absolute atomic E-state index is 5.84. The molecule has 0 amide bonds. The molecule has 28 heavy (non-hydrogen) atoms. The van der Waals surface area contributed by atoms with Crippen LogP contribution in [0.25, 0.3) is 22.4 Å². The van der Waals surface area contributed by atoms with Crippen molar-refractivity contribution >= 4 is 16.9 Å². The second-order valence-electron chi connectivity index (χ2n) is 6.39. The second-order valence-corrected chi connectivity index (χ2v) is 6.39. The third kappa shape index (κ3) is 3.64. The van der Waals surface area contributed by atoms with Crippen LogP contribution in [0.15, 0.2) is 61.1 Å². The first kappa shape index (κ1) is 17.9. The fraction of sp³-hybridized carbons (Fsp3) is 0.238. The number of hydrogen-bond donors (Lipinski definition) is 0. The van der Waals surface area contributed by atoms with Crippen LogP contribution in [-0.4, -0.2) is 44.9 Å². The number of aromatic nitrogens is 5. The number of hydrogen-bond acceptors (Lipinski definition) is 6. The normalized spacial score (nSPS) is 10.9. The maximum Gasteiger partial charge on any atom is 0.165 e. The largest absolute Gasteiger partial charge is 0.492 e. The van der Waals surface area contributed by atoms with Crippen LogP contribution in [0.2, 0.25) is 0 Å². The summed E-state index contributed by atoms with van der Waals surface area (Å²) in [6.45, 7) is 4.03. The van der Waals surface area contributed by atoms with E-state index in [0.29, 0.717) is 19.0 Å². The van der Waals surface area contributed by atoms with E-state index in [2.05, 4.69) is 21.9 Å². The first-order valence-electron chi connectivity index (χ1n) is 9.29. The first-order chi connectivity index (χ1) is 13.8. The number of nitrogens with zero attached hydrogens (tertiary/aromatic N) is 6. The zero-order chi connectivity index (χ0) is 19.3. The van der Waals surface area contributed by atoms with Crippen molar-refractivity contribution in [1.82, 2.24) is 24.7 Å². The third-order valence-corrected chi connectivity index (χ3v) is 4.50. The van der Waals surface area contributed by atoms with E-state index in [1.54, 1.807) is 12.4 Å². The van der Waals surface area contributed by atoms with Crippen LogP contribution in [0, 0.1) is 0 Å². The van der Waals surface area contributed by atoms with E-state index in [0.717, 1.165) is 34.7 Å². The molecule has 0 aliphatic heterocycles. The van der Waals surface area contributed by atoms with Crippen LogP contribution in [0.4, 0.5) is 5.82 Å². The number of anilines is 1. The van der Waals surface area contributed by atoms with E-state index < -0.39 is 0 Å². The van der Waals surface area contributed by atoms with Crippen LogP contribution in [-0.2, 0) is 6.54 Å². The fourth-order valence-electron chi connectivity index (χ4n) is 3.01. The number of ether oxygens (including phenoxy) is 1. The van der Waals surface area contributed by atoms with Gasteiger partial charge in [0.25, 0.3) is 0 Å². The van der Waals surface area contributed by atoms with Crippen molar-refractivity contribution in [2.45, 2.75) is 13.5 Å². The topological polar surface area (TPSA) is 69.0 Å². The summed E-state index contributed by atoms with van der Waals surface area (Å²) in [4.78, 5) is 15.8. The Balaban J connectivity index is 1.63. The molecule has 4 aromatic rings. The molecule has 0 saturated heterocycles. The number of para-hydroxylation sites is 1. The van der Waals surface area contributed by atoms with Gasteiger partial charge in [-0.1, -0.05) is 18.2 Å². The van der Waals surface area contributed by atoms with Gasteiger partial charge >= 0.3 is 0 Å². The van der Waals surface area contributed by atoms with Crippen molar-refractivity contribution in [1.29, 1.82) is 0 Å². The van der Waals surface area contributed by atoms with E-state index in [1.807, 2.05) is 60.4 Å². The van der Waals surface area contributed by atoms with Crippen LogP contribution in [0.3, 0.4) is 0 Å². The molecule has 3 aromatic heterocycles. The lowest BCUT2D eigenvalue weighted by Gasteiger charge is -2.20. The summed E-state index contributed by atoms with van der Waals surface area (Å²) in [5, 5.41) is 5.39. The van der Waals surface area contributed by atoms with Crippen molar-refractivity contribution in [3.63, 3.8) is 0 Å². The van der Waals surface area contributed by atoms with Gasteiger partial charge in [-0.2, -0.15) is 5.10 Å². The Labute approximate surface area is 163 Å². The molecule has 4 rings (SSSR count). The smallest absolute Gasteiger partial charge is 0.165 e. The highest BCUT2D eigenvalue weighted by molar-refractivity contribution is 5.88. The summed E-state index contributed by atoms with van der Waals surface area (Å²) in [6.07, 6.45) is 5.35. The van der Waals surface area contributed by atoms with Crippen molar-refractivity contribution in [2.24, 2.45) is 0 Å². The van der Waals surface area contributed by atoms with Gasteiger partial charge in [-0.15, -0.1) is 0 Å². The predicted octanol–water partition coefficient (Wildman–Crippen LogP) is 3.42. The Morgan fingerprint density at radius 2 is 1.89 bits per heavy atom. The minimum absolute atomic E-state index is 0.552. The summed E-state index contributed by atoms with van der Waals surface area (Å²) in [7, 11) is 2.01. The van der Waals surface area contributed by atoms with Gasteiger partial charge in [0.05, 0.1) is 18.1 Å². The van der Waals surface area contributed by atoms with E-state index in [9.17, 15) is 0 Å². The average molecular weight is 374 g/mol. The lowest BCUT2D eigenvalue weighted by atomic mass is 10.2. The molecule has 0 saturated carbocycles. The molecular weight excluding hydrogens is 352 g/mol. The Morgan fingerprint density at radius 3 is 2.64 bits per heavy atom. The van der Waals surface area contributed by atoms with Gasteiger partial charge in [0.2, 0.25) is 0 Å². The third-order valence-electron chi connectivity index (χ3n) is 4.50. The number of pyridine rings is 1. The van der Waals surface area contributed by atoms with Gasteiger partial charge in [-0.25, -0.2) is 14.6 Å². The minimum atomic E-state index is 0.552. The lowest BCUT2D eigenvalue weighted by molar-refractivity contribution is 0.326. The monoisotopic (exact) mass is 374 g/mol. The number of fused-ring (bicyclic) bond motifs is 1. The molecule has 0 spiro atoms. The Bertz CT molecular complexity index is 1050. The molecule has 0 aliphatic rings. The maximum atomic E-state index is 5.84. The van der Waals surface area contributed by atoms with Crippen molar-refractivity contribution in [3.8, 4) is 17.1 Å². The zero-order valence-corrected chi connectivity index (χ0v) is 16.0. The van der Waals surface area contributed by atoms with E-state index in [4.69, 9.17) is 14.7 Å². The SMILES string of the molecule is CCn1ncc2c(N(C)CCOc3ccccc3)nc(-c3cccnc3)nc21. The van der Waals surface area contributed by atoms with Crippen LogP contribution < -0.4 is 9.64 Å². The highest BCUT2D eigenvalue weighted by atomic mass is 16.5. The van der Waals surface area contributed by atoms with Gasteiger partial charge in [-0.05, 0) is 31.2 Å². The lowest BCUT2D eigenvalue weighted by Crippen LogP contribution is -2.25. The predicted molar refractivity (Wildman–Crippen MR) is 109 cm³/mol. The number of rotatable bonds is 7. The van der Waals surface area contributed by atoms with Crippen LogP contribution >= 0.6 is 0 Å². The minimum Gasteiger partial charge on any atom is -0.492 e. The van der Waals surface area contributed by atoms with Gasteiger partial charge in [0.1, 0.15) is 18.2 Å². The van der Waals surface area contributed by atoms with Crippen LogP contribution in [0.5, 0.6) is 5.75 Å². The van der Waals surface area contributed by atoms with E-state index in [1.165, 1.54) is 0 Å². The molecule has 1 aromatic carbocycles. The molecule has 142 valence electrons. The molecular formula is C21H22N6O. The summed E-state index contributed by atoms with van der Waals surface area (Å²) in [5.74, 6) is 2.33. The Kier molecular flexibility index (Phi) is 5.14. The molecule has 3 heterocycles. The zero-order valence-electron chi connectivity index (χ0n) is 16.0. The van der Waals surface area contributed by atoms with Gasteiger partial charge in [0, 0.05) is 31.5 Å². The Morgan fingerprint density at radius 1 is 1.04 bits per heavy atom. The number of likely N-dealkylation sites (N-methyl/N-ethyl adjacent to an activating group) is 1. The highest BCUT2D eigenvalue weighted by Crippen LogP contribution is 2.26. The second kappa shape index (κ2) is 8.04. The summed E-state index contributed by atoms with van der Waals surface area (Å²) in [5.41, 5.74) is 1.70. The van der Waals surface area contributed by atoms with Gasteiger partial charge in [-0.3, -0.25) is 4.98 Å². The number of aryl methyl sites for hydroxylation is 1. The molecule has 7 nitrogen and oxygen atoms in total. The van der Waals surface area contributed by atoms with Crippen LogP contribution in [0.1, 0.15) is 6.92 Å². The van der Waals surface area contributed by atoms with E-state index in [-0.39, 0.29) is 0 Å². The van der Waals surface area contributed by atoms with Crippen molar-refractivity contribution in [2.75, 3.05) is 25.1 Å². The van der Waals surface area contributed by atoms with Gasteiger partial charge in [0.15, 0.2) is 11.5 Å². The standard InChI is InChI=1S/C21H22N6O/c1-3-27-21-18(15-23-27)20(24-19(25-21)16-8-7-11-22-14-16)26(2)12-13-28-17-9-5-4-6-10-17/h4-11,14-15H,3,12-13H2,1-2H3. The quantitative estimate of drug-likeness (QED) is 0.494. The highest BCUT2D eigenvalue weighted by Gasteiger charge is 2.16. The molecule has 0 aliphatic carbocycles. The molecule has 0 unspecified atom stereocenters. The van der Waals surface area contributed by atoms with Crippen molar-refractivity contribution in [3.05, 3.63) is 61.1 Å². The summed E-state index contributed by atoms with van der Waals surface area (Å²) < 4.78 is 7.72. The molecule has 0 radical (unpaired) electrons. The van der Waals surface area contributed by atoms with Crippen molar-refractivity contribution < 1.29 is 4.74 Å². The summed E-state index contributed by atoms with van der Waals surface area (Å²) >= 11 is 0. The fourth-order valence-corrected chi connectivity index (χ4v) is 3.01. The summed E-state index contributed by atoms with van der Waals surface area (Å²) in [6, 6.07) is 13.7. The molecule has 0 fully saturated rings. The average Bonchev–Trinajstić information content (AvgIpc) is 3.17. The molecule has 0 bridgehead atoms. The first-order valence-corrected chi connectivity index (χ1v) is 9.29. The molecule has 0 N–H and O–H groups in total. The molecule has 0 atom stereocenters. The Hall–Kier alpha value is -3.48. The van der Waals surface area contributed by atoms with Gasteiger partial charge < -0.3 is 9.64 Å². The van der Waals surface area contributed by atoms with E-state index >= 15 is 0 Å². The number of benzene rings is 1.